The van der Waals surface area contributed by atoms with E-state index in [-0.39, 0.29) is 0 Å². The van der Waals surface area contributed by atoms with Gasteiger partial charge in [0, 0.05) is 16.6 Å². The number of hydrogen-bond acceptors (Lipinski definition) is 2. The Kier molecular flexibility index (Phi) is 2.95. The summed E-state index contributed by atoms with van der Waals surface area (Å²) < 4.78 is 0. The summed E-state index contributed by atoms with van der Waals surface area (Å²) in [5, 5.41) is 10.3. The van der Waals surface area contributed by atoms with E-state index in [1.54, 1.807) is 6.07 Å². The Hall–Kier alpha value is -2.68. The second-order valence-corrected chi connectivity index (χ2v) is 4.64. The highest BCUT2D eigenvalue weighted by Crippen LogP contribution is 2.31. The molecule has 1 heterocycles. The molecule has 3 heteroatoms. The first-order valence-electron chi connectivity index (χ1n) is 6.36. The van der Waals surface area contributed by atoms with E-state index in [4.69, 9.17) is 0 Å². The zero-order chi connectivity index (χ0) is 14.1. The zero-order valence-electron chi connectivity index (χ0n) is 11.0. The molecule has 0 amide bonds. The lowest BCUT2D eigenvalue weighted by Crippen LogP contribution is -2.04. The molecule has 0 aliphatic rings. The molecule has 1 aromatic heterocycles. The smallest absolute Gasteiger partial charge is 0.337 e. The highest BCUT2D eigenvalue weighted by Gasteiger charge is 2.19. The van der Waals surface area contributed by atoms with Crippen LogP contribution in [0.2, 0.25) is 0 Å². The number of rotatable bonds is 2. The molecular formula is C17H13NO2. The summed E-state index contributed by atoms with van der Waals surface area (Å²) in [5.41, 5.74) is 3.33. The fourth-order valence-electron chi connectivity index (χ4n) is 2.51. The van der Waals surface area contributed by atoms with Crippen LogP contribution in [0.1, 0.15) is 16.1 Å². The van der Waals surface area contributed by atoms with E-state index in [2.05, 4.69) is 4.98 Å². The minimum Gasteiger partial charge on any atom is -0.478 e. The summed E-state index contributed by atoms with van der Waals surface area (Å²) >= 11 is 0. The maximum atomic E-state index is 11.7. The average molecular weight is 263 g/mol. The van der Waals surface area contributed by atoms with Gasteiger partial charge in [-0.25, -0.2) is 4.79 Å². The molecule has 0 unspecified atom stereocenters. The molecule has 0 atom stereocenters. The van der Waals surface area contributed by atoms with Gasteiger partial charge in [0.25, 0.3) is 0 Å². The van der Waals surface area contributed by atoms with Crippen molar-refractivity contribution in [2.75, 3.05) is 0 Å². The van der Waals surface area contributed by atoms with Crippen LogP contribution in [0.5, 0.6) is 0 Å². The number of aromatic nitrogens is 1. The molecule has 3 aromatic rings. The van der Waals surface area contributed by atoms with E-state index in [1.165, 1.54) is 0 Å². The predicted octanol–water partition coefficient (Wildman–Crippen LogP) is 3.91. The summed E-state index contributed by atoms with van der Waals surface area (Å²) in [6.07, 6.45) is 0. The Morgan fingerprint density at radius 3 is 2.35 bits per heavy atom. The second-order valence-electron chi connectivity index (χ2n) is 4.64. The fraction of sp³-hybridized carbons (Fsp3) is 0.0588. The first-order chi connectivity index (χ1) is 9.68. The molecule has 0 fully saturated rings. The molecule has 0 aliphatic carbocycles. The van der Waals surface area contributed by atoms with Crippen molar-refractivity contribution in [1.82, 2.24) is 4.98 Å². The Morgan fingerprint density at radius 1 is 1.00 bits per heavy atom. The number of benzene rings is 2. The average Bonchev–Trinajstić information content (AvgIpc) is 2.46. The van der Waals surface area contributed by atoms with Gasteiger partial charge in [-0.2, -0.15) is 0 Å². The molecule has 98 valence electrons. The SMILES string of the molecule is Cc1nc2ccccc2c(C(=O)O)c1-c1ccccc1. The third-order valence-corrected chi connectivity index (χ3v) is 3.35. The number of fused-ring (bicyclic) bond motifs is 1. The number of pyridine rings is 1. The van der Waals surface area contributed by atoms with Crippen molar-refractivity contribution in [3.8, 4) is 11.1 Å². The maximum absolute atomic E-state index is 11.7. The Labute approximate surface area is 116 Å². The van der Waals surface area contributed by atoms with Crippen LogP contribution in [0.4, 0.5) is 0 Å². The number of carboxylic acid groups (broad SMARTS) is 1. The van der Waals surface area contributed by atoms with Crippen molar-refractivity contribution in [2.24, 2.45) is 0 Å². The van der Waals surface area contributed by atoms with Crippen LogP contribution in [0.3, 0.4) is 0 Å². The molecule has 0 saturated carbocycles. The lowest BCUT2D eigenvalue weighted by atomic mass is 9.95. The van der Waals surface area contributed by atoms with Crippen LogP contribution in [-0.2, 0) is 0 Å². The molecule has 0 spiro atoms. The van der Waals surface area contributed by atoms with Crippen LogP contribution in [0, 0.1) is 6.92 Å². The molecule has 20 heavy (non-hydrogen) atoms. The molecule has 0 aliphatic heterocycles. The van der Waals surface area contributed by atoms with Gasteiger partial charge in [0.1, 0.15) is 0 Å². The Morgan fingerprint density at radius 2 is 1.65 bits per heavy atom. The Bertz CT molecular complexity index is 795. The minimum atomic E-state index is -0.925. The standard InChI is InChI=1S/C17H13NO2/c1-11-15(12-7-3-2-4-8-12)16(17(19)20)13-9-5-6-10-14(13)18-11/h2-10H,1H3,(H,19,20). The van der Waals surface area contributed by atoms with E-state index >= 15 is 0 Å². The molecule has 0 bridgehead atoms. The quantitative estimate of drug-likeness (QED) is 0.762. The minimum absolute atomic E-state index is 0.319. The summed E-state index contributed by atoms with van der Waals surface area (Å²) in [6, 6.07) is 16.9. The molecule has 0 radical (unpaired) electrons. The second kappa shape index (κ2) is 4.78. The molecule has 1 N–H and O–H groups in total. The van der Waals surface area contributed by atoms with Gasteiger partial charge in [-0.15, -0.1) is 0 Å². The summed E-state index contributed by atoms with van der Waals surface area (Å²) in [4.78, 5) is 16.3. The van der Waals surface area contributed by atoms with Gasteiger partial charge in [0.05, 0.1) is 11.1 Å². The van der Waals surface area contributed by atoms with Gasteiger partial charge >= 0.3 is 5.97 Å². The lowest BCUT2D eigenvalue weighted by molar-refractivity contribution is 0.0699. The largest absolute Gasteiger partial charge is 0.478 e. The van der Waals surface area contributed by atoms with Crippen LogP contribution in [0.25, 0.3) is 22.0 Å². The molecule has 3 rings (SSSR count). The zero-order valence-corrected chi connectivity index (χ0v) is 11.0. The summed E-state index contributed by atoms with van der Waals surface area (Å²) in [7, 11) is 0. The molecule has 3 nitrogen and oxygen atoms in total. The monoisotopic (exact) mass is 263 g/mol. The van der Waals surface area contributed by atoms with Gasteiger partial charge in [-0.1, -0.05) is 48.5 Å². The third-order valence-electron chi connectivity index (χ3n) is 3.35. The van der Waals surface area contributed by atoms with Gasteiger partial charge < -0.3 is 5.11 Å². The van der Waals surface area contributed by atoms with Crippen molar-refractivity contribution in [3.05, 3.63) is 65.9 Å². The van der Waals surface area contributed by atoms with E-state index in [0.29, 0.717) is 22.0 Å². The van der Waals surface area contributed by atoms with Crippen molar-refractivity contribution < 1.29 is 9.90 Å². The lowest BCUT2D eigenvalue weighted by Gasteiger charge is -2.12. The number of hydrogen-bond donors (Lipinski definition) is 1. The summed E-state index contributed by atoms with van der Waals surface area (Å²) in [6.45, 7) is 1.85. The highest BCUT2D eigenvalue weighted by molar-refractivity contribution is 6.08. The van der Waals surface area contributed by atoms with Gasteiger partial charge in [0.15, 0.2) is 0 Å². The predicted molar refractivity (Wildman–Crippen MR) is 78.9 cm³/mol. The summed E-state index contributed by atoms with van der Waals surface area (Å²) in [5.74, 6) is -0.925. The van der Waals surface area contributed by atoms with Crippen molar-refractivity contribution in [3.63, 3.8) is 0 Å². The fourth-order valence-corrected chi connectivity index (χ4v) is 2.51. The van der Waals surface area contributed by atoms with E-state index in [0.717, 1.165) is 11.3 Å². The molecule has 0 saturated heterocycles. The maximum Gasteiger partial charge on any atom is 0.337 e. The number of carbonyl (C=O) groups is 1. The molecule has 2 aromatic carbocycles. The number of aromatic carboxylic acids is 1. The van der Waals surface area contributed by atoms with Crippen molar-refractivity contribution >= 4 is 16.9 Å². The van der Waals surface area contributed by atoms with Crippen molar-refractivity contribution in [1.29, 1.82) is 0 Å². The normalized spacial score (nSPS) is 10.7. The molecular weight excluding hydrogens is 250 g/mol. The van der Waals surface area contributed by atoms with Crippen molar-refractivity contribution in [2.45, 2.75) is 6.92 Å². The number of aryl methyl sites for hydroxylation is 1. The highest BCUT2D eigenvalue weighted by atomic mass is 16.4. The van der Waals surface area contributed by atoms with E-state index in [1.807, 2.05) is 55.5 Å². The first-order valence-corrected chi connectivity index (χ1v) is 6.36. The number of carboxylic acids is 1. The number of para-hydroxylation sites is 1. The number of nitrogens with zero attached hydrogens (tertiary/aromatic N) is 1. The van der Waals surface area contributed by atoms with Crippen LogP contribution < -0.4 is 0 Å². The van der Waals surface area contributed by atoms with Crippen LogP contribution in [0.15, 0.2) is 54.6 Å². The van der Waals surface area contributed by atoms with Gasteiger partial charge in [0.2, 0.25) is 0 Å². The van der Waals surface area contributed by atoms with Gasteiger partial charge in [-0.3, -0.25) is 4.98 Å². The van der Waals surface area contributed by atoms with Gasteiger partial charge in [-0.05, 0) is 18.6 Å². The van der Waals surface area contributed by atoms with Crippen LogP contribution in [-0.4, -0.2) is 16.1 Å². The first kappa shape index (κ1) is 12.4. The van der Waals surface area contributed by atoms with E-state index < -0.39 is 5.97 Å². The topological polar surface area (TPSA) is 50.2 Å². The Balaban J connectivity index is 2.45. The van der Waals surface area contributed by atoms with Crippen LogP contribution >= 0.6 is 0 Å². The third kappa shape index (κ3) is 1.93. The van der Waals surface area contributed by atoms with E-state index in [9.17, 15) is 9.90 Å².